The molecule has 0 spiro atoms. The van der Waals surface area contributed by atoms with Gasteiger partial charge in [0.2, 0.25) is 0 Å². The second-order valence-corrected chi connectivity index (χ2v) is 5.62. The van der Waals surface area contributed by atoms with Crippen LogP contribution in [0.1, 0.15) is 24.1 Å². The van der Waals surface area contributed by atoms with Gasteiger partial charge in [-0.1, -0.05) is 30.3 Å². The van der Waals surface area contributed by atoms with E-state index in [1.165, 1.54) is 0 Å². The number of allylic oxidation sites excluding steroid dienone is 1. The number of carbonyl (C=O) groups excluding carboxylic acids is 2. The van der Waals surface area contributed by atoms with E-state index in [4.69, 9.17) is 5.26 Å². The van der Waals surface area contributed by atoms with Gasteiger partial charge in [-0.2, -0.15) is 5.26 Å². The first-order chi connectivity index (χ1) is 12.1. The summed E-state index contributed by atoms with van der Waals surface area (Å²) in [6, 6.07) is 17.0. The predicted molar refractivity (Wildman–Crippen MR) is 93.3 cm³/mol. The summed E-state index contributed by atoms with van der Waals surface area (Å²) >= 11 is 0. The van der Waals surface area contributed by atoms with Gasteiger partial charge in [-0.3, -0.25) is 4.79 Å². The number of nitrogens with zero attached hydrogens (tertiary/aromatic N) is 1. The lowest BCUT2D eigenvalue weighted by molar-refractivity contribution is -0.113. The van der Waals surface area contributed by atoms with E-state index in [1.807, 2.05) is 18.2 Å². The average molecular weight is 332 g/mol. The van der Waals surface area contributed by atoms with Crippen LogP contribution in [0.5, 0.6) is 0 Å². The number of hydrogen-bond donors (Lipinski definition) is 3. The summed E-state index contributed by atoms with van der Waals surface area (Å²) in [6.07, 6.45) is 0. The Bertz CT molecular complexity index is 880. The molecule has 3 amide bonds. The number of rotatable bonds is 3. The molecule has 3 N–H and O–H groups in total. The minimum atomic E-state index is -0.592. The Kier molecular flexibility index (Phi) is 4.48. The number of benzene rings is 2. The maximum atomic E-state index is 12.8. The summed E-state index contributed by atoms with van der Waals surface area (Å²) in [6.45, 7) is 1.69. The molecule has 1 heterocycles. The number of nitriles is 1. The van der Waals surface area contributed by atoms with Crippen LogP contribution in [0, 0.1) is 11.3 Å². The molecule has 1 aliphatic heterocycles. The van der Waals surface area contributed by atoms with E-state index in [1.54, 1.807) is 43.3 Å². The van der Waals surface area contributed by atoms with Crippen LogP contribution >= 0.6 is 0 Å². The van der Waals surface area contributed by atoms with Crippen molar-refractivity contribution in [3.8, 4) is 6.07 Å². The zero-order valence-electron chi connectivity index (χ0n) is 13.5. The molecule has 0 unspecified atom stereocenters. The van der Waals surface area contributed by atoms with E-state index < -0.39 is 6.04 Å². The van der Waals surface area contributed by atoms with Crippen molar-refractivity contribution in [1.82, 2.24) is 10.6 Å². The van der Waals surface area contributed by atoms with E-state index >= 15 is 0 Å². The summed E-state index contributed by atoms with van der Waals surface area (Å²) in [7, 11) is 0. The van der Waals surface area contributed by atoms with E-state index in [2.05, 4.69) is 22.0 Å². The number of amides is 3. The largest absolute Gasteiger partial charge is 0.327 e. The zero-order chi connectivity index (χ0) is 17.8. The van der Waals surface area contributed by atoms with E-state index in [9.17, 15) is 9.59 Å². The second kappa shape index (κ2) is 6.89. The van der Waals surface area contributed by atoms with Crippen molar-refractivity contribution in [2.24, 2.45) is 0 Å². The van der Waals surface area contributed by atoms with Crippen LogP contribution in [0.25, 0.3) is 0 Å². The van der Waals surface area contributed by atoms with Gasteiger partial charge in [0.25, 0.3) is 5.91 Å². The van der Waals surface area contributed by atoms with Crippen LogP contribution in [-0.4, -0.2) is 11.9 Å². The topological polar surface area (TPSA) is 94.0 Å². The van der Waals surface area contributed by atoms with Crippen LogP contribution in [0.15, 0.2) is 65.9 Å². The summed E-state index contributed by atoms with van der Waals surface area (Å²) in [5, 5.41) is 17.2. The lowest BCUT2D eigenvalue weighted by atomic mass is 9.94. The first-order valence-corrected chi connectivity index (χ1v) is 7.73. The molecule has 0 saturated heterocycles. The molecule has 3 rings (SSSR count). The zero-order valence-corrected chi connectivity index (χ0v) is 13.5. The highest BCUT2D eigenvalue weighted by Gasteiger charge is 2.31. The van der Waals surface area contributed by atoms with Crippen molar-refractivity contribution >= 4 is 17.6 Å². The molecular formula is C19H16N4O2. The van der Waals surface area contributed by atoms with Crippen LogP contribution < -0.4 is 16.0 Å². The molecule has 0 bridgehead atoms. The van der Waals surface area contributed by atoms with Crippen LogP contribution in [-0.2, 0) is 4.79 Å². The van der Waals surface area contributed by atoms with Gasteiger partial charge in [0.05, 0.1) is 23.2 Å². The molecule has 1 aliphatic rings. The van der Waals surface area contributed by atoms with Crippen molar-refractivity contribution in [3.05, 3.63) is 77.0 Å². The van der Waals surface area contributed by atoms with Crippen LogP contribution in [0.2, 0.25) is 0 Å². The average Bonchev–Trinajstić information content (AvgIpc) is 2.62. The van der Waals surface area contributed by atoms with Crippen molar-refractivity contribution in [2.45, 2.75) is 13.0 Å². The molecule has 0 radical (unpaired) electrons. The van der Waals surface area contributed by atoms with Crippen molar-refractivity contribution in [2.75, 3.05) is 5.32 Å². The van der Waals surface area contributed by atoms with Gasteiger partial charge < -0.3 is 16.0 Å². The number of carbonyl (C=O) groups is 2. The van der Waals surface area contributed by atoms with Gasteiger partial charge >= 0.3 is 6.03 Å². The smallest absolute Gasteiger partial charge is 0.319 e. The Balaban J connectivity index is 1.94. The standard InChI is InChI=1S/C19H16N4O2/c1-12-16(18(24)22-15-5-3-2-4-6-15)17(23-19(25)21-12)14-9-7-13(11-20)8-10-14/h2-10,17H,1H3,(H,22,24)(H2,21,23,25)/t17-/m1/s1. The Labute approximate surface area is 145 Å². The summed E-state index contributed by atoms with van der Waals surface area (Å²) in [5.41, 5.74) is 2.83. The molecule has 0 fully saturated rings. The van der Waals surface area contributed by atoms with Gasteiger partial charge in [-0.05, 0) is 36.8 Å². The highest BCUT2D eigenvalue weighted by Crippen LogP contribution is 2.28. The number of hydrogen-bond acceptors (Lipinski definition) is 3. The van der Waals surface area contributed by atoms with E-state index in [-0.39, 0.29) is 11.9 Å². The Morgan fingerprint density at radius 1 is 1.12 bits per heavy atom. The molecule has 0 saturated carbocycles. The van der Waals surface area contributed by atoms with Crippen molar-refractivity contribution in [1.29, 1.82) is 5.26 Å². The molecule has 0 aromatic heterocycles. The monoisotopic (exact) mass is 332 g/mol. The first kappa shape index (κ1) is 16.3. The highest BCUT2D eigenvalue weighted by atomic mass is 16.2. The molecule has 6 nitrogen and oxygen atoms in total. The summed E-state index contributed by atoms with van der Waals surface area (Å²) in [5.74, 6) is -0.300. The SMILES string of the molecule is CC1=C(C(=O)Nc2ccccc2)[C@@H](c2ccc(C#N)cc2)NC(=O)N1. The van der Waals surface area contributed by atoms with Gasteiger partial charge in [-0.25, -0.2) is 4.79 Å². The first-order valence-electron chi connectivity index (χ1n) is 7.73. The lowest BCUT2D eigenvalue weighted by Gasteiger charge is -2.28. The molecule has 124 valence electrons. The minimum absolute atomic E-state index is 0.300. The molecule has 25 heavy (non-hydrogen) atoms. The maximum Gasteiger partial charge on any atom is 0.319 e. The normalized spacial score (nSPS) is 16.5. The fourth-order valence-electron chi connectivity index (χ4n) is 2.71. The fourth-order valence-corrected chi connectivity index (χ4v) is 2.71. The quantitative estimate of drug-likeness (QED) is 0.806. The molecule has 1 atom stereocenters. The maximum absolute atomic E-state index is 12.8. The number of anilines is 1. The third-order valence-electron chi connectivity index (χ3n) is 3.92. The number of nitrogens with one attached hydrogen (secondary N) is 3. The summed E-state index contributed by atoms with van der Waals surface area (Å²) in [4.78, 5) is 24.6. The van der Waals surface area contributed by atoms with Crippen molar-refractivity contribution in [3.63, 3.8) is 0 Å². The molecule has 0 aliphatic carbocycles. The minimum Gasteiger partial charge on any atom is -0.327 e. The lowest BCUT2D eigenvalue weighted by Crippen LogP contribution is -2.45. The third-order valence-corrected chi connectivity index (χ3v) is 3.92. The number of para-hydroxylation sites is 1. The molecule has 2 aromatic rings. The molecule has 6 heteroatoms. The Morgan fingerprint density at radius 3 is 2.44 bits per heavy atom. The van der Waals surface area contributed by atoms with Gasteiger partial charge in [0.1, 0.15) is 0 Å². The summed E-state index contributed by atoms with van der Waals surface area (Å²) < 4.78 is 0. The fraction of sp³-hybridized carbons (Fsp3) is 0.105. The predicted octanol–water partition coefficient (Wildman–Crippen LogP) is 2.82. The number of urea groups is 1. The Morgan fingerprint density at radius 2 is 1.80 bits per heavy atom. The van der Waals surface area contributed by atoms with Crippen molar-refractivity contribution < 1.29 is 9.59 Å². The molecular weight excluding hydrogens is 316 g/mol. The second-order valence-electron chi connectivity index (χ2n) is 5.62. The van der Waals surface area contributed by atoms with E-state index in [0.717, 1.165) is 5.56 Å². The van der Waals surface area contributed by atoms with Crippen LogP contribution in [0.4, 0.5) is 10.5 Å². The van der Waals surface area contributed by atoms with E-state index in [0.29, 0.717) is 22.5 Å². The molecule has 2 aromatic carbocycles. The van der Waals surface area contributed by atoms with Gasteiger partial charge in [-0.15, -0.1) is 0 Å². The van der Waals surface area contributed by atoms with Crippen LogP contribution in [0.3, 0.4) is 0 Å². The van der Waals surface area contributed by atoms with Gasteiger partial charge in [0.15, 0.2) is 0 Å². The Hall–Kier alpha value is -3.59. The highest BCUT2D eigenvalue weighted by molar-refractivity contribution is 6.06. The third kappa shape index (κ3) is 3.51. The van der Waals surface area contributed by atoms with Gasteiger partial charge in [0, 0.05) is 11.4 Å².